The van der Waals surface area contributed by atoms with Crippen LogP contribution < -0.4 is 10.6 Å². The van der Waals surface area contributed by atoms with Crippen LogP contribution in [0, 0.1) is 0 Å². The number of methoxy groups -OCH3 is 1. The average molecular weight is 387 g/mol. The van der Waals surface area contributed by atoms with Gasteiger partial charge >= 0.3 is 0 Å². The number of guanidine groups is 1. The van der Waals surface area contributed by atoms with Crippen molar-refractivity contribution < 1.29 is 9.47 Å². The lowest BCUT2D eigenvalue weighted by Gasteiger charge is -2.42. The second-order valence-electron chi connectivity index (χ2n) is 7.11. The van der Waals surface area contributed by atoms with Gasteiger partial charge in [0, 0.05) is 56.9 Å². The van der Waals surface area contributed by atoms with Crippen molar-refractivity contribution in [2.75, 3.05) is 71.2 Å². The first-order valence-electron chi connectivity index (χ1n) is 10.2. The highest BCUT2D eigenvalue weighted by molar-refractivity contribution is 7.99. The highest BCUT2D eigenvalue weighted by atomic mass is 32.2. The van der Waals surface area contributed by atoms with Gasteiger partial charge in [0.05, 0.1) is 19.8 Å². The van der Waals surface area contributed by atoms with Crippen molar-refractivity contribution in [3.8, 4) is 0 Å². The van der Waals surface area contributed by atoms with Gasteiger partial charge in [-0.15, -0.1) is 0 Å². The molecule has 1 saturated carbocycles. The number of nitrogens with zero attached hydrogens (tertiary/aromatic N) is 2. The number of rotatable bonds is 11. The molecule has 0 aromatic heterocycles. The number of nitrogens with one attached hydrogen (secondary N) is 2. The quantitative estimate of drug-likeness (QED) is 0.322. The summed E-state index contributed by atoms with van der Waals surface area (Å²) in [5, 5.41) is 6.85. The Morgan fingerprint density at radius 1 is 1.12 bits per heavy atom. The van der Waals surface area contributed by atoms with Crippen molar-refractivity contribution in [1.29, 1.82) is 0 Å². The predicted octanol–water partition coefficient (Wildman–Crippen LogP) is 1.96. The van der Waals surface area contributed by atoms with E-state index in [4.69, 9.17) is 14.5 Å². The molecular formula is C19H38N4O2S. The second kappa shape index (κ2) is 12.8. The SMILES string of the molecule is CCNC(=NCC1(N2CCSCC2)CCCC1)NCCCOCCOC. The third kappa shape index (κ3) is 7.25. The minimum Gasteiger partial charge on any atom is -0.382 e. The molecular weight excluding hydrogens is 348 g/mol. The smallest absolute Gasteiger partial charge is 0.191 e. The van der Waals surface area contributed by atoms with Crippen LogP contribution in [0.2, 0.25) is 0 Å². The standard InChI is InChI=1S/C19H38N4O2S/c1-3-20-18(21-9-6-12-25-14-13-24-2)22-17-19(7-4-5-8-19)23-10-15-26-16-11-23/h3-17H2,1-2H3,(H2,20,21,22). The van der Waals surface area contributed by atoms with Crippen molar-refractivity contribution in [3.63, 3.8) is 0 Å². The van der Waals surface area contributed by atoms with Gasteiger partial charge in [0.25, 0.3) is 0 Å². The van der Waals surface area contributed by atoms with Gasteiger partial charge in [-0.2, -0.15) is 11.8 Å². The molecule has 0 unspecified atom stereocenters. The van der Waals surface area contributed by atoms with Crippen LogP contribution in [0.15, 0.2) is 4.99 Å². The summed E-state index contributed by atoms with van der Waals surface area (Å²) in [6.45, 7) is 9.35. The Labute approximate surface area is 163 Å². The molecule has 152 valence electrons. The number of ether oxygens (including phenoxy) is 2. The monoisotopic (exact) mass is 386 g/mol. The molecule has 7 heteroatoms. The van der Waals surface area contributed by atoms with Crippen LogP contribution in [-0.2, 0) is 9.47 Å². The van der Waals surface area contributed by atoms with Crippen molar-refractivity contribution in [3.05, 3.63) is 0 Å². The molecule has 1 saturated heterocycles. The van der Waals surface area contributed by atoms with E-state index in [1.165, 1.54) is 50.3 Å². The molecule has 0 atom stereocenters. The van der Waals surface area contributed by atoms with Crippen LogP contribution in [0.4, 0.5) is 0 Å². The summed E-state index contributed by atoms with van der Waals surface area (Å²) < 4.78 is 10.5. The Bertz CT molecular complexity index is 397. The first-order valence-corrected chi connectivity index (χ1v) is 11.4. The van der Waals surface area contributed by atoms with Crippen molar-refractivity contribution in [2.24, 2.45) is 4.99 Å². The molecule has 0 aromatic carbocycles. The molecule has 0 amide bonds. The number of hydrogen-bond donors (Lipinski definition) is 2. The Kier molecular flexibility index (Phi) is 10.7. The molecule has 2 fully saturated rings. The first kappa shape index (κ1) is 21.8. The Morgan fingerprint density at radius 3 is 2.58 bits per heavy atom. The van der Waals surface area contributed by atoms with Crippen LogP contribution in [0.1, 0.15) is 39.0 Å². The maximum Gasteiger partial charge on any atom is 0.191 e. The minimum absolute atomic E-state index is 0.298. The molecule has 1 aliphatic carbocycles. The van der Waals surface area contributed by atoms with Gasteiger partial charge in [0.1, 0.15) is 0 Å². The predicted molar refractivity (Wildman–Crippen MR) is 111 cm³/mol. The van der Waals surface area contributed by atoms with Crippen LogP contribution in [0.25, 0.3) is 0 Å². The fourth-order valence-electron chi connectivity index (χ4n) is 3.84. The maximum atomic E-state index is 5.52. The summed E-state index contributed by atoms with van der Waals surface area (Å²) in [5.41, 5.74) is 0.298. The molecule has 2 N–H and O–H groups in total. The third-order valence-corrected chi connectivity index (χ3v) is 6.22. The van der Waals surface area contributed by atoms with Crippen LogP contribution in [0.3, 0.4) is 0 Å². The fourth-order valence-corrected chi connectivity index (χ4v) is 4.74. The Hall–Kier alpha value is -0.500. The number of aliphatic imine (C=N–C) groups is 1. The summed E-state index contributed by atoms with van der Waals surface area (Å²) in [5.74, 6) is 3.49. The topological polar surface area (TPSA) is 58.1 Å². The molecule has 0 aromatic rings. The third-order valence-electron chi connectivity index (χ3n) is 5.28. The largest absolute Gasteiger partial charge is 0.382 e. The van der Waals surface area contributed by atoms with Crippen LogP contribution in [-0.4, -0.2) is 87.6 Å². The molecule has 26 heavy (non-hydrogen) atoms. The lowest BCUT2D eigenvalue weighted by molar-refractivity contribution is 0.0698. The molecule has 0 radical (unpaired) electrons. The number of thioether (sulfide) groups is 1. The summed E-state index contributed by atoms with van der Waals surface area (Å²) in [4.78, 5) is 7.70. The van der Waals surface area contributed by atoms with Crippen molar-refractivity contribution in [1.82, 2.24) is 15.5 Å². The molecule has 2 aliphatic rings. The fraction of sp³-hybridized carbons (Fsp3) is 0.947. The Morgan fingerprint density at radius 2 is 1.88 bits per heavy atom. The van der Waals surface area contributed by atoms with E-state index in [9.17, 15) is 0 Å². The van der Waals surface area contributed by atoms with E-state index in [2.05, 4.69) is 34.2 Å². The molecule has 6 nitrogen and oxygen atoms in total. The second-order valence-corrected chi connectivity index (χ2v) is 8.34. The lowest BCUT2D eigenvalue weighted by Crippen LogP contribution is -2.53. The van der Waals surface area contributed by atoms with E-state index in [0.717, 1.165) is 38.6 Å². The van der Waals surface area contributed by atoms with Gasteiger partial charge in [-0.25, -0.2) is 0 Å². The van der Waals surface area contributed by atoms with Gasteiger partial charge in [-0.3, -0.25) is 9.89 Å². The van der Waals surface area contributed by atoms with Gasteiger partial charge in [0.2, 0.25) is 0 Å². The van der Waals surface area contributed by atoms with E-state index in [-0.39, 0.29) is 0 Å². The van der Waals surface area contributed by atoms with Gasteiger partial charge in [-0.1, -0.05) is 12.8 Å². The summed E-state index contributed by atoms with van der Waals surface area (Å²) in [6.07, 6.45) is 6.27. The zero-order valence-electron chi connectivity index (χ0n) is 16.7. The van der Waals surface area contributed by atoms with Gasteiger partial charge in [-0.05, 0) is 26.2 Å². The van der Waals surface area contributed by atoms with Crippen molar-refractivity contribution >= 4 is 17.7 Å². The normalized spacial score (nSPS) is 21.1. The first-order chi connectivity index (χ1) is 12.8. The van der Waals surface area contributed by atoms with Gasteiger partial charge in [0.15, 0.2) is 5.96 Å². The van der Waals surface area contributed by atoms with E-state index in [1.54, 1.807) is 7.11 Å². The highest BCUT2D eigenvalue weighted by Gasteiger charge is 2.39. The zero-order valence-corrected chi connectivity index (χ0v) is 17.5. The zero-order chi connectivity index (χ0) is 18.5. The van der Waals surface area contributed by atoms with E-state index < -0.39 is 0 Å². The lowest BCUT2D eigenvalue weighted by atomic mass is 9.95. The van der Waals surface area contributed by atoms with Crippen LogP contribution >= 0.6 is 11.8 Å². The van der Waals surface area contributed by atoms with Crippen molar-refractivity contribution in [2.45, 2.75) is 44.6 Å². The van der Waals surface area contributed by atoms with Gasteiger partial charge < -0.3 is 20.1 Å². The summed E-state index contributed by atoms with van der Waals surface area (Å²) >= 11 is 2.09. The average Bonchev–Trinajstić information content (AvgIpc) is 3.16. The molecule has 0 spiro atoms. The van der Waals surface area contributed by atoms with Crippen LogP contribution in [0.5, 0.6) is 0 Å². The molecule has 2 rings (SSSR count). The maximum absolute atomic E-state index is 5.52. The molecule has 1 heterocycles. The molecule has 0 bridgehead atoms. The van der Waals surface area contributed by atoms with E-state index in [0.29, 0.717) is 18.8 Å². The van der Waals surface area contributed by atoms with E-state index >= 15 is 0 Å². The minimum atomic E-state index is 0.298. The van der Waals surface area contributed by atoms with E-state index in [1.807, 2.05) is 0 Å². The summed E-state index contributed by atoms with van der Waals surface area (Å²) in [6, 6.07) is 0. The highest BCUT2D eigenvalue weighted by Crippen LogP contribution is 2.37. The Balaban J connectivity index is 1.79. The molecule has 1 aliphatic heterocycles. The summed E-state index contributed by atoms with van der Waals surface area (Å²) in [7, 11) is 1.70. The number of hydrogen-bond acceptors (Lipinski definition) is 5.